The van der Waals surface area contributed by atoms with Gasteiger partial charge in [-0.15, -0.1) is 0 Å². The van der Waals surface area contributed by atoms with E-state index in [1.54, 1.807) is 0 Å². The highest BCUT2D eigenvalue weighted by Gasteiger charge is 2.22. The van der Waals surface area contributed by atoms with Crippen molar-refractivity contribution in [2.45, 2.75) is 31.7 Å². The number of hydrogen-bond donors (Lipinski definition) is 1. The molecule has 1 aliphatic carbocycles. The Labute approximate surface area is 121 Å². The lowest BCUT2D eigenvalue weighted by Gasteiger charge is -2.22. The first-order chi connectivity index (χ1) is 9.15. The summed E-state index contributed by atoms with van der Waals surface area (Å²) < 4.78 is 4.81. The summed E-state index contributed by atoms with van der Waals surface area (Å²) >= 11 is 3.40. The summed E-state index contributed by atoms with van der Waals surface area (Å²) in [5.74, 6) is 1.74. The molecule has 19 heavy (non-hydrogen) atoms. The van der Waals surface area contributed by atoms with Crippen LogP contribution in [0.15, 0.2) is 17.0 Å². The molecule has 5 nitrogen and oxygen atoms in total. The fourth-order valence-corrected chi connectivity index (χ4v) is 2.65. The summed E-state index contributed by atoms with van der Waals surface area (Å²) in [7, 11) is 3.99. The van der Waals surface area contributed by atoms with Crippen LogP contribution in [-0.2, 0) is 20.6 Å². The van der Waals surface area contributed by atoms with Crippen LogP contribution >= 0.6 is 15.9 Å². The third-order valence-electron chi connectivity index (χ3n) is 3.90. The van der Waals surface area contributed by atoms with Crippen LogP contribution in [0.3, 0.4) is 0 Å². The Kier molecular flexibility index (Phi) is 3.35. The van der Waals surface area contributed by atoms with Crippen LogP contribution < -0.4 is 5.32 Å². The Morgan fingerprint density at radius 1 is 1.42 bits per heavy atom. The van der Waals surface area contributed by atoms with Crippen molar-refractivity contribution in [1.29, 1.82) is 0 Å². The van der Waals surface area contributed by atoms with Gasteiger partial charge >= 0.3 is 0 Å². The van der Waals surface area contributed by atoms with Gasteiger partial charge in [0.05, 0.1) is 24.1 Å². The molecule has 0 unspecified atom stereocenters. The van der Waals surface area contributed by atoms with Gasteiger partial charge in [0.25, 0.3) is 0 Å². The number of nitrogens with one attached hydrogen (secondary N) is 1. The molecule has 0 saturated heterocycles. The van der Waals surface area contributed by atoms with Crippen molar-refractivity contribution < 1.29 is 0 Å². The molecule has 0 atom stereocenters. The topological polar surface area (TPSA) is 47.7 Å². The van der Waals surface area contributed by atoms with Crippen LogP contribution in [0.5, 0.6) is 0 Å². The fraction of sp³-hybridized carbons (Fsp3) is 0.538. The van der Waals surface area contributed by atoms with Crippen molar-refractivity contribution in [2.75, 3.05) is 5.32 Å². The second-order valence-electron chi connectivity index (χ2n) is 5.14. The van der Waals surface area contributed by atoms with E-state index < -0.39 is 0 Å². The van der Waals surface area contributed by atoms with Crippen molar-refractivity contribution in [3.63, 3.8) is 0 Å². The van der Waals surface area contributed by atoms with Crippen LogP contribution in [0.4, 0.5) is 5.82 Å². The number of imidazole rings is 1. The zero-order valence-electron chi connectivity index (χ0n) is 11.2. The minimum Gasteiger partial charge on any atom is -0.365 e. The number of halogens is 1. The maximum atomic E-state index is 4.60. The first kappa shape index (κ1) is 12.7. The summed E-state index contributed by atoms with van der Waals surface area (Å²) in [5.41, 5.74) is 2.36. The Bertz CT molecular complexity index is 582. The van der Waals surface area contributed by atoms with Gasteiger partial charge in [0.2, 0.25) is 0 Å². The molecule has 0 bridgehead atoms. The van der Waals surface area contributed by atoms with Gasteiger partial charge in [0.1, 0.15) is 5.82 Å². The number of rotatable bonds is 4. The van der Waals surface area contributed by atoms with Crippen LogP contribution in [0.2, 0.25) is 0 Å². The van der Waals surface area contributed by atoms with E-state index in [9.17, 15) is 0 Å². The van der Waals surface area contributed by atoms with E-state index in [-0.39, 0.29) is 0 Å². The Balaban J connectivity index is 1.69. The van der Waals surface area contributed by atoms with Gasteiger partial charge in [0, 0.05) is 26.1 Å². The number of hydrogen-bond acceptors (Lipinski definition) is 3. The molecule has 6 heteroatoms. The number of aryl methyl sites for hydroxylation is 1. The predicted molar refractivity (Wildman–Crippen MR) is 78.0 cm³/mol. The predicted octanol–water partition coefficient (Wildman–Crippen LogP) is 2.80. The highest BCUT2D eigenvalue weighted by molar-refractivity contribution is 9.10. The van der Waals surface area contributed by atoms with Crippen molar-refractivity contribution in [3.05, 3.63) is 28.4 Å². The zero-order valence-corrected chi connectivity index (χ0v) is 12.8. The van der Waals surface area contributed by atoms with E-state index in [0.29, 0.717) is 5.92 Å². The lowest BCUT2D eigenvalue weighted by atomic mass is 9.83. The Morgan fingerprint density at radius 2 is 2.21 bits per heavy atom. The Hall–Kier alpha value is -1.30. The smallest absolute Gasteiger partial charge is 0.177 e. The van der Waals surface area contributed by atoms with Gasteiger partial charge in [-0.05, 0) is 28.8 Å². The molecule has 1 aliphatic rings. The molecule has 0 amide bonds. The van der Waals surface area contributed by atoms with Crippen molar-refractivity contribution in [2.24, 2.45) is 14.1 Å². The van der Waals surface area contributed by atoms with Crippen molar-refractivity contribution >= 4 is 21.7 Å². The molecule has 1 fully saturated rings. The van der Waals surface area contributed by atoms with Gasteiger partial charge in [-0.3, -0.25) is 4.68 Å². The van der Waals surface area contributed by atoms with Gasteiger partial charge in [-0.1, -0.05) is 6.42 Å². The van der Waals surface area contributed by atoms with E-state index >= 15 is 0 Å². The molecule has 1 saturated carbocycles. The van der Waals surface area contributed by atoms with Gasteiger partial charge in [-0.2, -0.15) is 5.10 Å². The SMILES string of the molecule is Cn1nc(C2CCC2)cc1NCc1cnc(Br)n1C. The zero-order chi connectivity index (χ0) is 13.4. The highest BCUT2D eigenvalue weighted by atomic mass is 79.9. The summed E-state index contributed by atoms with van der Waals surface area (Å²) in [4.78, 5) is 4.22. The highest BCUT2D eigenvalue weighted by Crippen LogP contribution is 2.36. The molecule has 0 aromatic carbocycles. The molecule has 0 radical (unpaired) electrons. The molecule has 3 rings (SSSR count). The quantitative estimate of drug-likeness (QED) is 0.941. The minimum atomic E-state index is 0.674. The summed E-state index contributed by atoms with van der Waals surface area (Å²) in [6, 6.07) is 2.18. The largest absolute Gasteiger partial charge is 0.365 e. The normalized spacial score (nSPS) is 15.5. The maximum absolute atomic E-state index is 4.60. The molecule has 2 heterocycles. The van der Waals surface area contributed by atoms with Crippen molar-refractivity contribution in [1.82, 2.24) is 19.3 Å². The third kappa shape index (κ3) is 2.41. The summed E-state index contributed by atoms with van der Waals surface area (Å²) in [5, 5.41) is 8.02. The van der Waals surface area contributed by atoms with Gasteiger partial charge in [0.15, 0.2) is 4.73 Å². The fourth-order valence-electron chi connectivity index (χ4n) is 2.32. The van der Waals surface area contributed by atoms with Crippen LogP contribution in [0.1, 0.15) is 36.6 Å². The summed E-state index contributed by atoms with van der Waals surface area (Å²) in [6.45, 7) is 0.749. The Morgan fingerprint density at radius 3 is 2.79 bits per heavy atom. The van der Waals surface area contributed by atoms with E-state index in [2.05, 4.69) is 37.4 Å². The molecule has 102 valence electrons. The maximum Gasteiger partial charge on any atom is 0.177 e. The van der Waals surface area contributed by atoms with E-state index in [4.69, 9.17) is 0 Å². The van der Waals surface area contributed by atoms with Gasteiger partial charge < -0.3 is 9.88 Å². The molecule has 2 aromatic rings. The van der Waals surface area contributed by atoms with E-state index in [1.807, 2.05) is 29.5 Å². The first-order valence-electron chi connectivity index (χ1n) is 6.59. The van der Waals surface area contributed by atoms with Crippen LogP contribution in [0.25, 0.3) is 0 Å². The second-order valence-corrected chi connectivity index (χ2v) is 5.85. The van der Waals surface area contributed by atoms with E-state index in [1.165, 1.54) is 25.0 Å². The molecule has 1 N–H and O–H groups in total. The second kappa shape index (κ2) is 5.00. The summed E-state index contributed by atoms with van der Waals surface area (Å²) in [6.07, 6.45) is 5.78. The van der Waals surface area contributed by atoms with Crippen LogP contribution in [0, 0.1) is 0 Å². The molecule has 0 aliphatic heterocycles. The lowest BCUT2D eigenvalue weighted by molar-refractivity contribution is 0.408. The molecule has 0 spiro atoms. The molecular weight excluding hydrogens is 306 g/mol. The minimum absolute atomic E-state index is 0.674. The van der Waals surface area contributed by atoms with Crippen molar-refractivity contribution in [3.8, 4) is 0 Å². The average Bonchev–Trinajstić information content (AvgIpc) is 2.81. The van der Waals surface area contributed by atoms with E-state index in [0.717, 1.165) is 22.8 Å². The number of nitrogens with zero attached hydrogens (tertiary/aromatic N) is 4. The standard InChI is InChI=1S/C13H18BrN5/c1-18-10(8-16-13(18)14)7-15-12-6-11(17-19(12)2)9-4-3-5-9/h6,8-9,15H,3-5,7H2,1-2H3. The first-order valence-corrected chi connectivity index (χ1v) is 7.38. The lowest BCUT2D eigenvalue weighted by Crippen LogP contribution is -2.09. The number of aromatic nitrogens is 4. The average molecular weight is 324 g/mol. The molecule has 2 aromatic heterocycles. The molecular formula is C13H18BrN5. The monoisotopic (exact) mass is 323 g/mol. The third-order valence-corrected chi connectivity index (χ3v) is 4.64. The van der Waals surface area contributed by atoms with Crippen LogP contribution in [-0.4, -0.2) is 19.3 Å². The van der Waals surface area contributed by atoms with Gasteiger partial charge in [-0.25, -0.2) is 4.98 Å². The number of anilines is 1.